The third-order valence-electron chi connectivity index (χ3n) is 21.8. The second kappa shape index (κ2) is 28.5. The van der Waals surface area contributed by atoms with Gasteiger partial charge in [0.15, 0.2) is 0 Å². The van der Waals surface area contributed by atoms with E-state index in [1.54, 1.807) is 0 Å². The molecule has 21 rings (SSSR count). The van der Waals surface area contributed by atoms with Crippen molar-refractivity contribution in [3.05, 3.63) is 437 Å². The minimum Gasteiger partial charge on any atom is -0.0622 e. The van der Waals surface area contributed by atoms with Crippen molar-refractivity contribution >= 4 is 97.0 Å². The molecule has 0 unspecified atom stereocenters. The second-order valence-electron chi connectivity index (χ2n) is 27.9. The van der Waals surface area contributed by atoms with E-state index >= 15 is 0 Å². The molecule has 21 aromatic carbocycles. The van der Waals surface area contributed by atoms with Crippen molar-refractivity contribution in [3.63, 3.8) is 0 Å². The molecule has 0 atom stereocenters. The maximum atomic E-state index is 2.32. The van der Waals surface area contributed by atoms with Crippen LogP contribution in [-0.4, -0.2) is 0 Å². The quantitative estimate of drug-likeness (QED) is 0.126. The Morgan fingerprint density at radius 2 is 0.324 bits per heavy atom. The molecule has 0 N–H and O–H groups in total. The van der Waals surface area contributed by atoms with E-state index in [1.165, 1.54) is 197 Å². The maximum Gasteiger partial charge on any atom is -0.00199 e. The Hall–Kier alpha value is -14.0. The van der Waals surface area contributed by atoms with Crippen LogP contribution in [-0.2, 0) is 0 Å². The molecule has 0 heteroatoms. The summed E-state index contributed by atoms with van der Waals surface area (Å²) in [4.78, 5) is 0. The van der Waals surface area contributed by atoms with Crippen LogP contribution in [0, 0.1) is 0 Å². The zero-order valence-electron chi connectivity index (χ0n) is 59.6. The number of rotatable bonds is 9. The molecule has 21 aromatic rings. The minimum absolute atomic E-state index is 1.24. The van der Waals surface area contributed by atoms with E-state index in [-0.39, 0.29) is 0 Å². The molecule has 0 aliphatic rings. The molecular weight excluding hydrogens is 1300 g/mol. The molecular formula is C108H72. The van der Waals surface area contributed by atoms with Crippen LogP contribution in [0.1, 0.15) is 0 Å². The molecule has 0 bridgehead atoms. The largest absolute Gasteiger partial charge is 0.0622 e. The first-order chi connectivity index (χ1) is 53.7. The maximum absolute atomic E-state index is 2.32. The molecule has 504 valence electrons. The van der Waals surface area contributed by atoms with Gasteiger partial charge < -0.3 is 0 Å². The number of hydrogen-bond acceptors (Lipinski definition) is 0. The van der Waals surface area contributed by atoms with Gasteiger partial charge in [0.25, 0.3) is 0 Å². The van der Waals surface area contributed by atoms with Gasteiger partial charge in [-0.25, -0.2) is 0 Å². The molecule has 0 aliphatic carbocycles. The molecule has 0 heterocycles. The summed E-state index contributed by atoms with van der Waals surface area (Å²) in [5.41, 5.74) is 22.9. The third-order valence-corrected chi connectivity index (χ3v) is 21.8. The molecule has 0 amide bonds. The number of fused-ring (bicyclic) bond motifs is 9. The minimum atomic E-state index is 1.24. The van der Waals surface area contributed by atoms with E-state index < -0.39 is 0 Å². The van der Waals surface area contributed by atoms with Gasteiger partial charge in [0.05, 0.1) is 0 Å². The summed E-state index contributed by atoms with van der Waals surface area (Å²) in [5.74, 6) is 0. The fraction of sp³-hybridized carbons (Fsp3) is 0. The topological polar surface area (TPSA) is 0 Å². The summed E-state index contributed by atoms with van der Waals surface area (Å²) in [6.07, 6.45) is 0. The standard InChI is InChI=1S/3C36H24/c1-3-14-26(15-4-1)34-28-18-8-7-13-25(28)23-24-33(34)36-31-21-11-9-19-29(31)35(27-16-5-2-6-17-27)30-20-10-12-22-32(30)36;1-3-13-25(14-4-1)27-23-24-34(29-18-8-7-17-28(27)29)36-32-21-11-9-19-30(32)35(26-15-5-2-6-16-26)31-20-10-12-22-33(31)36;1-2-11-27(12-3-1)35-31-14-6-8-16-33(31)36(34-17-9-7-15-32(34)35)28-21-18-26(19-22-28)30-23-20-25-10-4-5-13-29(25)24-30/h3*1-24H. The van der Waals surface area contributed by atoms with Gasteiger partial charge in [-0.1, -0.05) is 431 Å². The van der Waals surface area contributed by atoms with Gasteiger partial charge in [0.1, 0.15) is 0 Å². The summed E-state index contributed by atoms with van der Waals surface area (Å²) >= 11 is 0. The Kier molecular flexibility index (Phi) is 17.1. The predicted molar refractivity (Wildman–Crippen MR) is 466 cm³/mol. The normalized spacial score (nSPS) is 11.3. The van der Waals surface area contributed by atoms with Crippen molar-refractivity contribution in [2.45, 2.75) is 0 Å². The Bertz CT molecular complexity index is 6740. The summed E-state index contributed by atoms with van der Waals surface area (Å²) in [6, 6.07) is 158. The summed E-state index contributed by atoms with van der Waals surface area (Å²) < 4.78 is 0. The van der Waals surface area contributed by atoms with Crippen LogP contribution < -0.4 is 0 Å². The van der Waals surface area contributed by atoms with Crippen LogP contribution in [0.25, 0.3) is 197 Å². The highest BCUT2D eigenvalue weighted by Crippen LogP contribution is 2.51. The van der Waals surface area contributed by atoms with Gasteiger partial charge >= 0.3 is 0 Å². The molecule has 0 saturated heterocycles. The number of hydrogen-bond donors (Lipinski definition) is 0. The highest BCUT2D eigenvalue weighted by molar-refractivity contribution is 6.26. The van der Waals surface area contributed by atoms with Gasteiger partial charge in [-0.3, -0.25) is 0 Å². The van der Waals surface area contributed by atoms with Gasteiger partial charge in [0, 0.05) is 0 Å². The Morgan fingerprint density at radius 1 is 0.0926 bits per heavy atom. The van der Waals surface area contributed by atoms with Crippen molar-refractivity contribution in [3.8, 4) is 100 Å². The van der Waals surface area contributed by atoms with Crippen molar-refractivity contribution < 1.29 is 0 Å². The van der Waals surface area contributed by atoms with E-state index in [4.69, 9.17) is 0 Å². The zero-order valence-corrected chi connectivity index (χ0v) is 59.6. The van der Waals surface area contributed by atoms with Crippen molar-refractivity contribution in [2.24, 2.45) is 0 Å². The van der Waals surface area contributed by atoms with Crippen LogP contribution >= 0.6 is 0 Å². The molecule has 0 saturated carbocycles. The van der Waals surface area contributed by atoms with Crippen molar-refractivity contribution in [1.29, 1.82) is 0 Å². The van der Waals surface area contributed by atoms with E-state index in [1.807, 2.05) is 0 Å². The second-order valence-corrected chi connectivity index (χ2v) is 27.9. The molecule has 0 spiro atoms. The van der Waals surface area contributed by atoms with Crippen molar-refractivity contribution in [2.75, 3.05) is 0 Å². The first-order valence-corrected chi connectivity index (χ1v) is 37.4. The van der Waals surface area contributed by atoms with Crippen molar-refractivity contribution in [1.82, 2.24) is 0 Å². The summed E-state index contributed by atoms with van der Waals surface area (Å²) in [5, 5.41) is 23.1. The zero-order chi connectivity index (χ0) is 71.7. The van der Waals surface area contributed by atoms with E-state index in [2.05, 4.69) is 437 Å². The molecule has 108 heavy (non-hydrogen) atoms. The average Bonchev–Trinajstić information content (AvgIpc) is 0.731. The monoisotopic (exact) mass is 1370 g/mol. The molecule has 0 aromatic heterocycles. The highest BCUT2D eigenvalue weighted by atomic mass is 14.3. The molecule has 0 nitrogen and oxygen atoms in total. The molecule has 0 aliphatic heterocycles. The van der Waals surface area contributed by atoms with Gasteiger partial charge in [-0.05, 0) is 203 Å². The van der Waals surface area contributed by atoms with Gasteiger partial charge in [0.2, 0.25) is 0 Å². The highest BCUT2D eigenvalue weighted by Gasteiger charge is 2.23. The third kappa shape index (κ3) is 11.8. The first kappa shape index (κ1) is 64.8. The van der Waals surface area contributed by atoms with Crippen LogP contribution in [0.5, 0.6) is 0 Å². The Balaban J connectivity index is 0.000000110. The van der Waals surface area contributed by atoms with E-state index in [0.717, 1.165) is 0 Å². The average molecular weight is 1370 g/mol. The van der Waals surface area contributed by atoms with Crippen LogP contribution in [0.4, 0.5) is 0 Å². The first-order valence-electron chi connectivity index (χ1n) is 37.4. The van der Waals surface area contributed by atoms with E-state index in [0.29, 0.717) is 0 Å². The van der Waals surface area contributed by atoms with Gasteiger partial charge in [-0.2, -0.15) is 0 Å². The smallest absolute Gasteiger partial charge is 0.00199 e. The van der Waals surface area contributed by atoms with E-state index in [9.17, 15) is 0 Å². The molecule has 0 fully saturated rings. The lowest BCUT2D eigenvalue weighted by atomic mass is 9.82. The number of benzene rings is 21. The fourth-order valence-electron chi connectivity index (χ4n) is 17.0. The fourth-order valence-corrected chi connectivity index (χ4v) is 17.0. The Morgan fingerprint density at radius 3 is 0.713 bits per heavy atom. The Labute approximate surface area is 629 Å². The summed E-state index contributed by atoms with van der Waals surface area (Å²) in [6.45, 7) is 0. The SMILES string of the molecule is c1ccc(-c2c(-c3c4ccccc4c(-c4ccccc4)c4ccccc34)ccc3ccccc23)cc1.c1ccc(-c2c3ccccc3c(-c3ccc(-c4ccc5ccccc5c4)cc3)c3ccccc23)cc1.c1ccc(-c2ccc(-c3c4ccccc4c(-c4ccccc4)c4ccccc34)c3ccccc23)cc1. The predicted octanol–water partition coefficient (Wildman–Crippen LogP) is 30.4. The lowest BCUT2D eigenvalue weighted by Crippen LogP contribution is -1.93. The molecule has 0 radical (unpaired) electrons. The van der Waals surface area contributed by atoms with Gasteiger partial charge in [-0.15, -0.1) is 0 Å². The van der Waals surface area contributed by atoms with Crippen LogP contribution in [0.2, 0.25) is 0 Å². The summed E-state index contributed by atoms with van der Waals surface area (Å²) in [7, 11) is 0. The van der Waals surface area contributed by atoms with Crippen LogP contribution in [0.3, 0.4) is 0 Å². The van der Waals surface area contributed by atoms with Crippen LogP contribution in [0.15, 0.2) is 437 Å². The lowest BCUT2D eigenvalue weighted by molar-refractivity contribution is 1.62. The lowest BCUT2D eigenvalue weighted by Gasteiger charge is -2.20.